The molecular formula is C13H22N6O. The number of aromatic amines is 1. The van der Waals surface area contributed by atoms with E-state index < -0.39 is 0 Å². The summed E-state index contributed by atoms with van der Waals surface area (Å²) in [5.41, 5.74) is 0.708. The molecule has 7 heteroatoms. The molecule has 0 saturated heterocycles. The number of anilines is 2. The Morgan fingerprint density at radius 1 is 1.35 bits per heavy atom. The Bertz CT molecular complexity index is 541. The van der Waals surface area contributed by atoms with Crippen molar-refractivity contribution in [1.82, 2.24) is 20.2 Å². The standard InChI is InChI=1S/C13H22N6O/c1-3-6-14-13-17-11(16-9(4-2)5-7-20)10-8-15-19-12(10)18-13/h8-9,20H,3-7H2,1-2H3,(H3,14,15,16,17,18,19). The zero-order valence-corrected chi connectivity index (χ0v) is 12.0. The largest absolute Gasteiger partial charge is 0.396 e. The molecule has 2 aromatic heterocycles. The Labute approximate surface area is 118 Å². The molecule has 0 spiro atoms. The quantitative estimate of drug-likeness (QED) is 0.587. The molecule has 0 aromatic carbocycles. The number of aliphatic hydroxyl groups is 1. The highest BCUT2D eigenvalue weighted by molar-refractivity contribution is 5.87. The maximum atomic E-state index is 9.09. The Hall–Kier alpha value is -1.89. The first-order valence-corrected chi connectivity index (χ1v) is 7.10. The molecule has 2 rings (SSSR count). The van der Waals surface area contributed by atoms with Crippen molar-refractivity contribution < 1.29 is 5.11 Å². The number of H-pyrrole nitrogens is 1. The summed E-state index contributed by atoms with van der Waals surface area (Å²) in [6.07, 6.45) is 4.33. The van der Waals surface area contributed by atoms with Crippen molar-refractivity contribution in [2.24, 2.45) is 0 Å². The normalized spacial score (nSPS) is 12.6. The van der Waals surface area contributed by atoms with Crippen LogP contribution in [0.1, 0.15) is 33.1 Å². The van der Waals surface area contributed by atoms with Crippen LogP contribution in [0.2, 0.25) is 0 Å². The van der Waals surface area contributed by atoms with Crippen molar-refractivity contribution in [3.8, 4) is 0 Å². The second-order valence-electron chi connectivity index (χ2n) is 4.72. The van der Waals surface area contributed by atoms with Crippen molar-refractivity contribution in [3.63, 3.8) is 0 Å². The zero-order chi connectivity index (χ0) is 14.4. The van der Waals surface area contributed by atoms with Crippen molar-refractivity contribution in [2.75, 3.05) is 23.8 Å². The van der Waals surface area contributed by atoms with Crippen LogP contribution in [0.15, 0.2) is 6.20 Å². The molecule has 0 aliphatic carbocycles. The number of nitrogens with zero attached hydrogens (tertiary/aromatic N) is 3. The van der Waals surface area contributed by atoms with E-state index in [1.54, 1.807) is 6.20 Å². The van der Waals surface area contributed by atoms with Crippen molar-refractivity contribution in [2.45, 2.75) is 39.2 Å². The summed E-state index contributed by atoms with van der Waals surface area (Å²) < 4.78 is 0. The van der Waals surface area contributed by atoms with Gasteiger partial charge < -0.3 is 15.7 Å². The van der Waals surface area contributed by atoms with E-state index in [4.69, 9.17) is 5.11 Å². The number of fused-ring (bicyclic) bond motifs is 1. The number of hydrogen-bond donors (Lipinski definition) is 4. The van der Waals surface area contributed by atoms with E-state index >= 15 is 0 Å². The van der Waals surface area contributed by atoms with Gasteiger partial charge in [-0.3, -0.25) is 5.10 Å². The van der Waals surface area contributed by atoms with E-state index in [0.717, 1.165) is 30.6 Å². The first-order valence-electron chi connectivity index (χ1n) is 7.10. The first-order chi connectivity index (χ1) is 9.78. The molecule has 0 radical (unpaired) electrons. The SMILES string of the molecule is CCCNc1nc(NC(CC)CCO)c2cn[nH]c2n1. The molecule has 110 valence electrons. The summed E-state index contributed by atoms with van der Waals surface area (Å²) in [5, 5.41) is 23.4. The van der Waals surface area contributed by atoms with Crippen LogP contribution < -0.4 is 10.6 Å². The number of aliphatic hydroxyl groups excluding tert-OH is 1. The summed E-state index contributed by atoms with van der Waals surface area (Å²) in [4.78, 5) is 8.89. The van der Waals surface area contributed by atoms with Crippen LogP contribution in [-0.2, 0) is 0 Å². The second-order valence-corrected chi connectivity index (χ2v) is 4.72. The average Bonchev–Trinajstić information content (AvgIpc) is 2.93. The van der Waals surface area contributed by atoms with E-state index in [-0.39, 0.29) is 12.6 Å². The summed E-state index contributed by atoms with van der Waals surface area (Å²) in [6, 6.07) is 0.187. The van der Waals surface area contributed by atoms with E-state index in [1.165, 1.54) is 0 Å². The highest BCUT2D eigenvalue weighted by Gasteiger charge is 2.13. The molecule has 4 N–H and O–H groups in total. The third-order valence-electron chi connectivity index (χ3n) is 3.15. The Morgan fingerprint density at radius 3 is 2.90 bits per heavy atom. The summed E-state index contributed by atoms with van der Waals surface area (Å²) in [6.45, 7) is 5.16. The van der Waals surface area contributed by atoms with Crippen LogP contribution in [-0.4, -0.2) is 44.5 Å². The molecule has 0 bridgehead atoms. The van der Waals surface area contributed by atoms with Gasteiger partial charge in [0.15, 0.2) is 5.65 Å². The smallest absolute Gasteiger partial charge is 0.226 e. The van der Waals surface area contributed by atoms with E-state index in [2.05, 4.69) is 44.6 Å². The van der Waals surface area contributed by atoms with Crippen molar-refractivity contribution >= 4 is 22.8 Å². The Morgan fingerprint density at radius 2 is 2.20 bits per heavy atom. The van der Waals surface area contributed by atoms with Gasteiger partial charge in [0.05, 0.1) is 11.6 Å². The Kier molecular flexibility index (Phi) is 5.11. The average molecular weight is 278 g/mol. The van der Waals surface area contributed by atoms with Gasteiger partial charge in [0, 0.05) is 19.2 Å². The van der Waals surface area contributed by atoms with Crippen molar-refractivity contribution in [3.05, 3.63) is 6.20 Å². The maximum absolute atomic E-state index is 9.09. The second kappa shape index (κ2) is 7.04. The monoisotopic (exact) mass is 278 g/mol. The zero-order valence-electron chi connectivity index (χ0n) is 12.0. The molecular weight excluding hydrogens is 256 g/mol. The first kappa shape index (κ1) is 14.5. The minimum Gasteiger partial charge on any atom is -0.396 e. The fourth-order valence-electron chi connectivity index (χ4n) is 1.99. The lowest BCUT2D eigenvalue weighted by molar-refractivity contribution is 0.278. The van der Waals surface area contributed by atoms with Crippen molar-refractivity contribution in [1.29, 1.82) is 0 Å². The van der Waals surface area contributed by atoms with Gasteiger partial charge in [-0.2, -0.15) is 15.1 Å². The minimum atomic E-state index is 0.159. The fourth-order valence-corrected chi connectivity index (χ4v) is 1.99. The van der Waals surface area contributed by atoms with Gasteiger partial charge in [-0.25, -0.2) is 0 Å². The molecule has 20 heavy (non-hydrogen) atoms. The van der Waals surface area contributed by atoms with E-state index in [1.807, 2.05) is 0 Å². The highest BCUT2D eigenvalue weighted by Crippen LogP contribution is 2.21. The molecule has 1 atom stereocenters. The fraction of sp³-hybridized carbons (Fsp3) is 0.615. The van der Waals surface area contributed by atoms with Gasteiger partial charge in [-0.05, 0) is 19.3 Å². The maximum Gasteiger partial charge on any atom is 0.226 e. The lowest BCUT2D eigenvalue weighted by Crippen LogP contribution is -2.21. The van der Waals surface area contributed by atoms with Gasteiger partial charge in [0.1, 0.15) is 5.82 Å². The molecule has 2 heterocycles. The highest BCUT2D eigenvalue weighted by atomic mass is 16.3. The molecule has 0 aliphatic heterocycles. The minimum absolute atomic E-state index is 0.159. The van der Waals surface area contributed by atoms with Gasteiger partial charge in [-0.15, -0.1) is 0 Å². The molecule has 0 amide bonds. The summed E-state index contributed by atoms with van der Waals surface area (Å²) in [5.74, 6) is 1.34. The molecule has 2 aromatic rings. The predicted octanol–water partition coefficient (Wildman–Crippen LogP) is 1.75. The Balaban J connectivity index is 2.26. The van der Waals surface area contributed by atoms with Gasteiger partial charge >= 0.3 is 0 Å². The molecule has 0 fully saturated rings. The van der Waals surface area contributed by atoms with Gasteiger partial charge in [0.25, 0.3) is 0 Å². The van der Waals surface area contributed by atoms with Crippen LogP contribution in [0.4, 0.5) is 11.8 Å². The van der Waals surface area contributed by atoms with Crippen LogP contribution >= 0.6 is 0 Å². The van der Waals surface area contributed by atoms with Crippen LogP contribution in [0, 0.1) is 0 Å². The summed E-state index contributed by atoms with van der Waals surface area (Å²) in [7, 11) is 0. The summed E-state index contributed by atoms with van der Waals surface area (Å²) >= 11 is 0. The lowest BCUT2D eigenvalue weighted by Gasteiger charge is -2.17. The number of rotatable bonds is 8. The topological polar surface area (TPSA) is 98.8 Å². The third kappa shape index (κ3) is 3.36. The van der Waals surface area contributed by atoms with Crippen LogP contribution in [0.25, 0.3) is 11.0 Å². The molecule has 1 unspecified atom stereocenters. The predicted molar refractivity (Wildman–Crippen MR) is 79.9 cm³/mol. The van der Waals surface area contributed by atoms with Gasteiger partial charge in [0.2, 0.25) is 5.95 Å². The van der Waals surface area contributed by atoms with Gasteiger partial charge in [-0.1, -0.05) is 13.8 Å². The molecule has 0 saturated carbocycles. The number of nitrogens with one attached hydrogen (secondary N) is 3. The number of aromatic nitrogens is 4. The molecule has 0 aliphatic rings. The van der Waals surface area contributed by atoms with Crippen LogP contribution in [0.5, 0.6) is 0 Å². The van der Waals surface area contributed by atoms with E-state index in [0.29, 0.717) is 18.0 Å². The third-order valence-corrected chi connectivity index (χ3v) is 3.15. The lowest BCUT2D eigenvalue weighted by atomic mass is 10.1. The van der Waals surface area contributed by atoms with E-state index in [9.17, 15) is 0 Å². The number of hydrogen-bond acceptors (Lipinski definition) is 6. The molecule has 7 nitrogen and oxygen atoms in total. The van der Waals surface area contributed by atoms with Crippen LogP contribution in [0.3, 0.4) is 0 Å².